The highest BCUT2D eigenvalue weighted by Crippen LogP contribution is 2.27. The van der Waals surface area contributed by atoms with Crippen LogP contribution in [0.2, 0.25) is 0 Å². The highest BCUT2D eigenvalue weighted by atomic mass is 16.5. The zero-order valence-electron chi connectivity index (χ0n) is 13.6. The zero-order valence-corrected chi connectivity index (χ0v) is 13.6. The summed E-state index contributed by atoms with van der Waals surface area (Å²) in [5.74, 6) is 0.924. The van der Waals surface area contributed by atoms with Crippen molar-refractivity contribution in [1.82, 2.24) is 5.16 Å². The molecule has 0 unspecified atom stereocenters. The highest BCUT2D eigenvalue weighted by molar-refractivity contribution is 6.08. The summed E-state index contributed by atoms with van der Waals surface area (Å²) >= 11 is 0. The number of para-hydroxylation sites is 1. The van der Waals surface area contributed by atoms with Crippen LogP contribution in [0, 0.1) is 0 Å². The van der Waals surface area contributed by atoms with E-state index >= 15 is 0 Å². The number of methoxy groups -OCH3 is 1. The van der Waals surface area contributed by atoms with Crippen LogP contribution < -0.4 is 10.1 Å². The van der Waals surface area contributed by atoms with Gasteiger partial charge in [0.1, 0.15) is 11.3 Å². The van der Waals surface area contributed by atoms with Crippen molar-refractivity contribution in [3.63, 3.8) is 0 Å². The van der Waals surface area contributed by atoms with Crippen LogP contribution in [0.4, 0.5) is 5.69 Å². The number of hydrogen-bond donors (Lipinski definition) is 1. The Kier molecular flexibility index (Phi) is 4.61. The van der Waals surface area contributed by atoms with E-state index in [-0.39, 0.29) is 5.91 Å². The molecule has 3 aromatic rings. The molecule has 3 rings (SSSR count). The second-order valence-corrected chi connectivity index (χ2v) is 5.26. The third-order valence-corrected chi connectivity index (χ3v) is 3.81. The van der Waals surface area contributed by atoms with Crippen molar-refractivity contribution >= 4 is 11.6 Å². The number of rotatable bonds is 5. The fraction of sp³-hybridized carbons (Fsp3) is 0.158. The Balaban J connectivity index is 1.87. The van der Waals surface area contributed by atoms with Crippen LogP contribution >= 0.6 is 0 Å². The van der Waals surface area contributed by atoms with E-state index in [0.29, 0.717) is 11.3 Å². The van der Waals surface area contributed by atoms with Gasteiger partial charge in [0.25, 0.3) is 5.91 Å². The number of ether oxygens (including phenoxy) is 1. The number of hydrogen-bond acceptors (Lipinski definition) is 4. The van der Waals surface area contributed by atoms with E-state index in [1.807, 2.05) is 55.5 Å². The van der Waals surface area contributed by atoms with Crippen molar-refractivity contribution < 1.29 is 14.1 Å². The lowest BCUT2D eigenvalue weighted by atomic mass is 10.1. The molecule has 0 saturated carbocycles. The number of anilines is 1. The third kappa shape index (κ3) is 3.15. The van der Waals surface area contributed by atoms with Gasteiger partial charge in [0, 0.05) is 11.3 Å². The molecule has 0 aliphatic heterocycles. The lowest BCUT2D eigenvalue weighted by Gasteiger charge is -2.09. The summed E-state index contributed by atoms with van der Waals surface area (Å²) in [7, 11) is 1.60. The van der Waals surface area contributed by atoms with Gasteiger partial charge in [0.15, 0.2) is 5.76 Å². The van der Waals surface area contributed by atoms with Gasteiger partial charge < -0.3 is 14.6 Å². The summed E-state index contributed by atoms with van der Waals surface area (Å²) in [6.07, 6.45) is 2.27. The maximum atomic E-state index is 12.6. The van der Waals surface area contributed by atoms with Gasteiger partial charge in [-0.05, 0) is 42.3 Å². The van der Waals surface area contributed by atoms with Crippen molar-refractivity contribution in [1.29, 1.82) is 0 Å². The predicted octanol–water partition coefficient (Wildman–Crippen LogP) is 4.16. The van der Waals surface area contributed by atoms with E-state index in [2.05, 4.69) is 10.5 Å². The molecule has 0 radical (unpaired) electrons. The molecular weight excluding hydrogens is 304 g/mol. The number of nitrogens with one attached hydrogen (secondary N) is 1. The Morgan fingerprint density at radius 2 is 1.92 bits per heavy atom. The molecule has 1 amide bonds. The minimum absolute atomic E-state index is 0.247. The van der Waals surface area contributed by atoms with Crippen LogP contribution in [-0.4, -0.2) is 18.2 Å². The average Bonchev–Trinajstić information content (AvgIpc) is 3.12. The first-order valence-electron chi connectivity index (χ1n) is 7.71. The van der Waals surface area contributed by atoms with Gasteiger partial charge in [-0.3, -0.25) is 4.79 Å². The van der Waals surface area contributed by atoms with E-state index < -0.39 is 0 Å². The minimum Gasteiger partial charge on any atom is -0.497 e. The standard InChI is InChI=1S/C19H18N2O3/c1-3-13-6-4-5-7-17(13)21-19(22)16-12-20-24-18(16)14-8-10-15(23-2)11-9-14/h4-12H,3H2,1-2H3,(H,21,22). The second-order valence-electron chi connectivity index (χ2n) is 5.26. The second kappa shape index (κ2) is 7.00. The molecule has 0 atom stereocenters. The molecule has 5 nitrogen and oxygen atoms in total. The fourth-order valence-corrected chi connectivity index (χ4v) is 2.49. The van der Waals surface area contributed by atoms with Gasteiger partial charge in [0.05, 0.1) is 13.3 Å². The van der Waals surface area contributed by atoms with Crippen LogP contribution in [0.15, 0.2) is 59.3 Å². The summed E-state index contributed by atoms with van der Waals surface area (Å²) in [4.78, 5) is 12.6. The summed E-state index contributed by atoms with van der Waals surface area (Å²) < 4.78 is 10.4. The molecule has 2 aromatic carbocycles. The van der Waals surface area contributed by atoms with Gasteiger partial charge in [-0.1, -0.05) is 30.3 Å². The molecule has 0 fully saturated rings. The van der Waals surface area contributed by atoms with Gasteiger partial charge in [-0.15, -0.1) is 0 Å². The highest BCUT2D eigenvalue weighted by Gasteiger charge is 2.18. The predicted molar refractivity (Wildman–Crippen MR) is 92.3 cm³/mol. The van der Waals surface area contributed by atoms with E-state index in [9.17, 15) is 4.79 Å². The molecule has 0 aliphatic carbocycles. The third-order valence-electron chi connectivity index (χ3n) is 3.81. The number of carbonyl (C=O) groups excluding carboxylic acids is 1. The molecule has 0 spiro atoms. The van der Waals surface area contributed by atoms with Crippen LogP contribution in [0.25, 0.3) is 11.3 Å². The van der Waals surface area contributed by atoms with Crippen LogP contribution in [-0.2, 0) is 6.42 Å². The molecular formula is C19H18N2O3. The Labute approximate surface area is 140 Å². The number of aryl methyl sites for hydroxylation is 1. The summed E-state index contributed by atoms with van der Waals surface area (Å²) in [6.45, 7) is 2.05. The van der Waals surface area contributed by atoms with E-state index in [4.69, 9.17) is 9.26 Å². The maximum Gasteiger partial charge on any atom is 0.261 e. The number of benzene rings is 2. The maximum absolute atomic E-state index is 12.6. The number of nitrogens with zero attached hydrogens (tertiary/aromatic N) is 1. The summed E-state index contributed by atoms with van der Waals surface area (Å²) in [5, 5.41) is 6.71. The Bertz CT molecular complexity index is 838. The first-order chi connectivity index (χ1) is 11.7. The molecule has 1 heterocycles. The quantitative estimate of drug-likeness (QED) is 0.766. The topological polar surface area (TPSA) is 64.4 Å². The molecule has 122 valence electrons. The van der Waals surface area contributed by atoms with Crippen molar-refractivity contribution in [2.75, 3.05) is 12.4 Å². The monoisotopic (exact) mass is 322 g/mol. The Hall–Kier alpha value is -3.08. The lowest BCUT2D eigenvalue weighted by Crippen LogP contribution is -2.13. The first kappa shape index (κ1) is 15.8. The summed E-state index contributed by atoms with van der Waals surface area (Å²) in [6, 6.07) is 15.0. The average molecular weight is 322 g/mol. The van der Waals surface area contributed by atoms with Crippen molar-refractivity contribution in [2.24, 2.45) is 0 Å². The van der Waals surface area contributed by atoms with Crippen molar-refractivity contribution in [2.45, 2.75) is 13.3 Å². The van der Waals surface area contributed by atoms with Crippen molar-refractivity contribution in [3.05, 3.63) is 65.9 Å². The normalized spacial score (nSPS) is 10.4. The zero-order chi connectivity index (χ0) is 16.9. The lowest BCUT2D eigenvalue weighted by molar-refractivity contribution is 0.102. The first-order valence-corrected chi connectivity index (χ1v) is 7.71. The molecule has 0 aliphatic rings. The van der Waals surface area contributed by atoms with Crippen LogP contribution in [0.3, 0.4) is 0 Å². The van der Waals surface area contributed by atoms with Gasteiger partial charge >= 0.3 is 0 Å². The van der Waals surface area contributed by atoms with Crippen molar-refractivity contribution in [3.8, 4) is 17.1 Å². The largest absolute Gasteiger partial charge is 0.497 e. The molecule has 0 bridgehead atoms. The van der Waals surface area contributed by atoms with Gasteiger partial charge in [-0.25, -0.2) is 0 Å². The molecule has 5 heteroatoms. The van der Waals surface area contributed by atoms with Gasteiger partial charge in [0.2, 0.25) is 0 Å². The number of carbonyl (C=O) groups is 1. The Morgan fingerprint density at radius 3 is 2.62 bits per heavy atom. The number of aromatic nitrogens is 1. The molecule has 0 saturated heterocycles. The SMILES string of the molecule is CCc1ccccc1NC(=O)c1cnoc1-c1ccc(OC)cc1. The van der Waals surface area contributed by atoms with Crippen LogP contribution in [0.1, 0.15) is 22.8 Å². The molecule has 1 aromatic heterocycles. The van der Waals surface area contributed by atoms with Gasteiger partial charge in [-0.2, -0.15) is 0 Å². The Morgan fingerprint density at radius 1 is 1.17 bits per heavy atom. The smallest absolute Gasteiger partial charge is 0.261 e. The number of amides is 1. The minimum atomic E-state index is -0.247. The molecule has 24 heavy (non-hydrogen) atoms. The molecule has 1 N–H and O–H groups in total. The van der Waals surface area contributed by atoms with E-state index in [1.165, 1.54) is 6.20 Å². The van der Waals surface area contributed by atoms with E-state index in [1.54, 1.807) is 7.11 Å². The van der Waals surface area contributed by atoms with Crippen LogP contribution in [0.5, 0.6) is 5.75 Å². The van der Waals surface area contributed by atoms with E-state index in [0.717, 1.165) is 29.0 Å². The fourth-order valence-electron chi connectivity index (χ4n) is 2.49. The summed E-state index contributed by atoms with van der Waals surface area (Å²) in [5.41, 5.74) is 3.04.